The molecule has 0 radical (unpaired) electrons. The van der Waals surface area contributed by atoms with Crippen LogP contribution >= 0.6 is 11.6 Å². The highest BCUT2D eigenvalue weighted by Crippen LogP contribution is 2.36. The Morgan fingerprint density at radius 2 is 1.86 bits per heavy atom. The predicted octanol–water partition coefficient (Wildman–Crippen LogP) is 3.61. The third kappa shape index (κ3) is 8.77. The molecule has 0 aliphatic carbocycles. The molecule has 0 bridgehead atoms. The van der Waals surface area contributed by atoms with Crippen molar-refractivity contribution in [3.05, 3.63) is 52.5 Å². The van der Waals surface area contributed by atoms with Gasteiger partial charge in [-0.3, -0.25) is 14.4 Å². The largest absolute Gasteiger partial charge is 0.493 e. The van der Waals surface area contributed by atoms with Gasteiger partial charge < -0.3 is 20.1 Å². The van der Waals surface area contributed by atoms with E-state index in [1.807, 2.05) is 13.8 Å². The second-order valence-corrected chi connectivity index (χ2v) is 8.16. The van der Waals surface area contributed by atoms with E-state index in [1.165, 1.54) is 37.6 Å². The van der Waals surface area contributed by atoms with E-state index >= 15 is 0 Å². The number of hydrogen-bond acceptors (Lipinski definition) is 6. The minimum atomic E-state index is -4.55. The maximum absolute atomic E-state index is 12.8. The monoisotopic (exact) mass is 528 g/mol. The number of benzene rings is 2. The molecular formula is C23H24ClF3N4O5. The second kappa shape index (κ2) is 12.8. The fourth-order valence-corrected chi connectivity index (χ4v) is 2.93. The van der Waals surface area contributed by atoms with E-state index in [-0.39, 0.29) is 28.1 Å². The topological polar surface area (TPSA) is 118 Å². The van der Waals surface area contributed by atoms with E-state index < -0.39 is 36.1 Å². The van der Waals surface area contributed by atoms with E-state index in [0.717, 1.165) is 12.1 Å². The molecule has 13 heteroatoms. The molecule has 3 amide bonds. The first-order valence-corrected chi connectivity index (χ1v) is 10.9. The SMILES string of the molecule is COc1cc(/C=N\NC(=O)C(=O)NCC(C)C)cc(Cl)c1OCC(=O)Nc1cccc(C(F)(F)F)c1. The second-order valence-electron chi connectivity index (χ2n) is 7.75. The van der Waals surface area contributed by atoms with Crippen molar-refractivity contribution in [2.24, 2.45) is 11.0 Å². The van der Waals surface area contributed by atoms with Crippen LogP contribution in [0, 0.1) is 5.92 Å². The maximum atomic E-state index is 12.8. The molecule has 3 N–H and O–H groups in total. The van der Waals surface area contributed by atoms with Gasteiger partial charge in [-0.1, -0.05) is 31.5 Å². The van der Waals surface area contributed by atoms with Crippen LogP contribution in [0.1, 0.15) is 25.0 Å². The van der Waals surface area contributed by atoms with Crippen molar-refractivity contribution in [2.75, 3.05) is 25.6 Å². The number of methoxy groups -OCH3 is 1. The van der Waals surface area contributed by atoms with Gasteiger partial charge in [-0.05, 0) is 41.8 Å². The zero-order valence-electron chi connectivity index (χ0n) is 19.5. The minimum absolute atomic E-state index is 0.00704. The summed E-state index contributed by atoms with van der Waals surface area (Å²) >= 11 is 6.22. The standard InChI is InChI=1S/C23H24ClF3N4O5/c1-13(2)10-28-21(33)22(34)31-29-11-14-7-17(24)20(18(8-14)35-3)36-12-19(32)30-16-6-4-5-15(9-16)23(25,26)27/h4-9,11,13H,10,12H2,1-3H3,(H,28,33)(H,30,32)(H,31,34)/b29-11-. The summed E-state index contributed by atoms with van der Waals surface area (Å²) in [6.45, 7) is 3.52. The molecule has 0 fully saturated rings. The first-order valence-electron chi connectivity index (χ1n) is 10.5. The fourth-order valence-electron chi connectivity index (χ4n) is 2.66. The van der Waals surface area contributed by atoms with E-state index in [4.69, 9.17) is 21.1 Å². The summed E-state index contributed by atoms with van der Waals surface area (Å²) in [6.07, 6.45) is -3.34. The fraction of sp³-hybridized carbons (Fsp3) is 0.304. The van der Waals surface area contributed by atoms with Crippen LogP contribution in [0.5, 0.6) is 11.5 Å². The molecule has 0 unspecified atom stereocenters. The quantitative estimate of drug-likeness (QED) is 0.261. The molecule has 9 nitrogen and oxygen atoms in total. The number of anilines is 1. The Hall–Kier alpha value is -3.80. The molecule has 0 heterocycles. The highest BCUT2D eigenvalue weighted by Gasteiger charge is 2.30. The van der Waals surface area contributed by atoms with Crippen molar-refractivity contribution in [1.29, 1.82) is 0 Å². The number of nitrogens with one attached hydrogen (secondary N) is 3. The lowest BCUT2D eigenvalue weighted by Crippen LogP contribution is -2.39. The number of hydrogen-bond donors (Lipinski definition) is 3. The van der Waals surface area contributed by atoms with Gasteiger partial charge in [0, 0.05) is 12.2 Å². The number of halogens is 4. The smallest absolute Gasteiger partial charge is 0.416 e. The van der Waals surface area contributed by atoms with Crippen LogP contribution < -0.4 is 25.5 Å². The maximum Gasteiger partial charge on any atom is 0.416 e. The van der Waals surface area contributed by atoms with Crippen molar-refractivity contribution in [2.45, 2.75) is 20.0 Å². The van der Waals surface area contributed by atoms with Crippen LogP contribution in [-0.2, 0) is 20.6 Å². The van der Waals surface area contributed by atoms with Crippen molar-refractivity contribution < 1.29 is 37.0 Å². The average molecular weight is 529 g/mol. The minimum Gasteiger partial charge on any atom is -0.493 e. The zero-order chi connectivity index (χ0) is 26.9. The molecule has 2 aromatic rings. The molecule has 0 aliphatic rings. The van der Waals surface area contributed by atoms with E-state index in [0.29, 0.717) is 12.1 Å². The van der Waals surface area contributed by atoms with Gasteiger partial charge in [0.1, 0.15) is 0 Å². The zero-order valence-corrected chi connectivity index (χ0v) is 20.3. The molecular weight excluding hydrogens is 505 g/mol. The van der Waals surface area contributed by atoms with Crippen LogP contribution in [0.2, 0.25) is 5.02 Å². The van der Waals surface area contributed by atoms with Gasteiger partial charge in [-0.15, -0.1) is 0 Å². The molecule has 2 rings (SSSR count). The number of hydrazone groups is 1. The van der Waals surface area contributed by atoms with Gasteiger partial charge in [0.2, 0.25) is 0 Å². The first-order chi connectivity index (χ1) is 16.9. The summed E-state index contributed by atoms with van der Waals surface area (Å²) in [4.78, 5) is 35.6. The van der Waals surface area contributed by atoms with Crippen molar-refractivity contribution >= 4 is 41.2 Å². The Morgan fingerprint density at radius 3 is 2.50 bits per heavy atom. The molecule has 36 heavy (non-hydrogen) atoms. The molecule has 0 saturated carbocycles. The number of carbonyl (C=O) groups is 3. The normalized spacial score (nSPS) is 11.3. The van der Waals surface area contributed by atoms with Crippen molar-refractivity contribution in [3.63, 3.8) is 0 Å². The average Bonchev–Trinajstić information content (AvgIpc) is 2.80. The van der Waals surface area contributed by atoms with E-state index in [1.54, 1.807) is 0 Å². The number of rotatable bonds is 9. The molecule has 0 atom stereocenters. The summed E-state index contributed by atoms with van der Waals surface area (Å²) in [5.41, 5.74) is 1.50. The van der Waals surface area contributed by atoms with Gasteiger partial charge in [-0.25, -0.2) is 5.43 Å². The summed E-state index contributed by atoms with van der Waals surface area (Å²) < 4.78 is 49.1. The van der Waals surface area contributed by atoms with Gasteiger partial charge in [0.05, 0.1) is 23.9 Å². The van der Waals surface area contributed by atoms with Crippen LogP contribution in [0.3, 0.4) is 0 Å². The summed E-state index contributed by atoms with van der Waals surface area (Å²) in [5, 5.41) is 8.49. The van der Waals surface area contributed by atoms with Gasteiger partial charge >= 0.3 is 18.0 Å². The number of alkyl halides is 3. The number of nitrogens with zero attached hydrogens (tertiary/aromatic N) is 1. The molecule has 2 aromatic carbocycles. The Kier molecular flexibility index (Phi) is 10.1. The third-order valence-electron chi connectivity index (χ3n) is 4.33. The predicted molar refractivity (Wildman–Crippen MR) is 127 cm³/mol. The molecule has 0 spiro atoms. The van der Waals surface area contributed by atoms with Crippen LogP contribution in [0.25, 0.3) is 0 Å². The Labute approximate surface area is 210 Å². The third-order valence-corrected chi connectivity index (χ3v) is 4.61. The Bertz CT molecular complexity index is 1140. The lowest BCUT2D eigenvalue weighted by Gasteiger charge is -2.14. The summed E-state index contributed by atoms with van der Waals surface area (Å²) in [6, 6.07) is 7.00. The van der Waals surface area contributed by atoms with Crippen molar-refractivity contribution in [1.82, 2.24) is 10.7 Å². The summed E-state index contributed by atoms with van der Waals surface area (Å²) in [7, 11) is 1.32. The lowest BCUT2D eigenvalue weighted by molar-refractivity contribution is -0.139. The van der Waals surface area contributed by atoms with Gasteiger partial charge in [0.25, 0.3) is 5.91 Å². The van der Waals surface area contributed by atoms with Crippen LogP contribution in [0.4, 0.5) is 18.9 Å². The Morgan fingerprint density at radius 1 is 1.14 bits per heavy atom. The highest BCUT2D eigenvalue weighted by atomic mass is 35.5. The number of amides is 3. The highest BCUT2D eigenvalue weighted by molar-refractivity contribution is 6.35. The van der Waals surface area contributed by atoms with Crippen LogP contribution in [0.15, 0.2) is 41.5 Å². The first kappa shape index (κ1) is 28.4. The molecule has 0 aromatic heterocycles. The van der Waals surface area contributed by atoms with Crippen molar-refractivity contribution in [3.8, 4) is 11.5 Å². The lowest BCUT2D eigenvalue weighted by atomic mass is 10.2. The summed E-state index contributed by atoms with van der Waals surface area (Å²) in [5.74, 6) is -2.20. The Balaban J connectivity index is 2.00. The number of ether oxygens (including phenoxy) is 2. The molecule has 194 valence electrons. The van der Waals surface area contributed by atoms with Gasteiger partial charge in [0.15, 0.2) is 18.1 Å². The van der Waals surface area contributed by atoms with Gasteiger partial charge in [-0.2, -0.15) is 18.3 Å². The van der Waals surface area contributed by atoms with E-state index in [9.17, 15) is 27.6 Å². The molecule has 0 saturated heterocycles. The molecule has 0 aliphatic heterocycles. The number of carbonyl (C=O) groups excluding carboxylic acids is 3. The van der Waals surface area contributed by atoms with E-state index in [2.05, 4.69) is 21.2 Å². The van der Waals surface area contributed by atoms with Crippen LogP contribution in [-0.4, -0.2) is 44.2 Å².